The predicted molar refractivity (Wildman–Crippen MR) is 181 cm³/mol. The molecule has 2 N–H and O–H groups in total. The van der Waals surface area contributed by atoms with Gasteiger partial charge in [0, 0.05) is 51.2 Å². The van der Waals surface area contributed by atoms with Crippen molar-refractivity contribution in [1.29, 1.82) is 0 Å². The van der Waals surface area contributed by atoms with E-state index in [0.29, 0.717) is 48.3 Å². The fourth-order valence-corrected chi connectivity index (χ4v) is 6.76. The smallest absolute Gasteiger partial charge is 0.256 e. The van der Waals surface area contributed by atoms with Crippen molar-refractivity contribution in [3.8, 4) is 22.8 Å². The number of halogens is 1. The van der Waals surface area contributed by atoms with E-state index in [1.165, 1.54) is 0 Å². The lowest BCUT2D eigenvalue weighted by Crippen LogP contribution is -2.55. The maximum atomic E-state index is 6.46. The number of hydrogen-bond donors (Lipinski definition) is 2. The Bertz CT molecular complexity index is 1600. The molecule has 258 valence electrons. The Balaban J connectivity index is 1.12. The molecule has 2 aliphatic rings. The zero-order valence-corrected chi connectivity index (χ0v) is 28.8. The van der Waals surface area contributed by atoms with Crippen LogP contribution in [0.5, 0.6) is 11.6 Å². The number of methoxy groups -OCH3 is 1. The minimum Gasteiger partial charge on any atom is -0.487 e. The van der Waals surface area contributed by atoms with E-state index in [2.05, 4.69) is 50.0 Å². The highest BCUT2D eigenvalue weighted by atomic mass is 35.5. The Morgan fingerprint density at radius 1 is 1.15 bits per heavy atom. The molecule has 2 fully saturated rings. The van der Waals surface area contributed by atoms with Gasteiger partial charge in [-0.2, -0.15) is 0 Å². The van der Waals surface area contributed by atoms with E-state index in [1.54, 1.807) is 36.6 Å². The van der Waals surface area contributed by atoms with Gasteiger partial charge in [0.15, 0.2) is 0 Å². The molecule has 15 heteroatoms. The van der Waals surface area contributed by atoms with Crippen LogP contribution in [-0.2, 0) is 16.0 Å². The van der Waals surface area contributed by atoms with Crippen molar-refractivity contribution in [3.05, 3.63) is 48.1 Å². The second kappa shape index (κ2) is 15.6. The number of benzene rings is 1. The van der Waals surface area contributed by atoms with Gasteiger partial charge in [-0.15, -0.1) is 10.2 Å². The summed E-state index contributed by atoms with van der Waals surface area (Å²) >= 11 is 6.46. The highest BCUT2D eigenvalue weighted by molar-refractivity contribution is 6.32. The van der Waals surface area contributed by atoms with Crippen LogP contribution in [0.3, 0.4) is 0 Å². The first-order valence-corrected chi connectivity index (χ1v) is 17.0. The molecule has 6 rings (SSSR count). The highest BCUT2D eigenvalue weighted by Gasteiger charge is 2.41. The quantitative estimate of drug-likeness (QED) is 0.171. The lowest BCUT2D eigenvalue weighted by Gasteiger charge is -2.46. The third kappa shape index (κ3) is 8.41. The third-order valence-corrected chi connectivity index (χ3v) is 9.38. The van der Waals surface area contributed by atoms with Crippen molar-refractivity contribution in [2.45, 2.75) is 83.3 Å². The van der Waals surface area contributed by atoms with E-state index in [9.17, 15) is 0 Å². The molecule has 4 aromatic rings. The summed E-state index contributed by atoms with van der Waals surface area (Å²) in [5, 5.41) is 23.5. The summed E-state index contributed by atoms with van der Waals surface area (Å²) in [5.74, 6) is 2.03. The molecule has 0 radical (unpaired) electrons. The number of nitrogens with zero attached hydrogens (tertiary/aromatic N) is 8. The summed E-state index contributed by atoms with van der Waals surface area (Å²) in [6.45, 7) is 9.73. The van der Waals surface area contributed by atoms with Crippen LogP contribution in [0.2, 0.25) is 5.02 Å². The van der Waals surface area contributed by atoms with Crippen molar-refractivity contribution >= 4 is 23.2 Å². The van der Waals surface area contributed by atoms with Crippen molar-refractivity contribution < 1.29 is 18.9 Å². The van der Waals surface area contributed by atoms with Gasteiger partial charge in [-0.05, 0) is 80.5 Å². The van der Waals surface area contributed by atoms with Gasteiger partial charge in [0.2, 0.25) is 5.95 Å². The Hall–Kier alpha value is -3.85. The maximum absolute atomic E-state index is 6.46. The molecule has 3 aromatic heterocycles. The molecule has 1 aliphatic carbocycles. The number of nitrogens with one attached hydrogen (secondary N) is 2. The van der Waals surface area contributed by atoms with E-state index in [1.807, 2.05) is 29.9 Å². The Kier molecular flexibility index (Phi) is 11.0. The zero-order chi connectivity index (χ0) is 33.5. The van der Waals surface area contributed by atoms with Gasteiger partial charge in [0.25, 0.3) is 5.88 Å². The second-order valence-corrected chi connectivity index (χ2v) is 13.3. The van der Waals surface area contributed by atoms with Crippen molar-refractivity contribution in [2.75, 3.05) is 38.7 Å². The largest absolute Gasteiger partial charge is 0.487 e. The van der Waals surface area contributed by atoms with Gasteiger partial charge in [-0.1, -0.05) is 17.7 Å². The van der Waals surface area contributed by atoms with Crippen LogP contribution >= 0.6 is 11.6 Å². The molecule has 0 bridgehead atoms. The Morgan fingerprint density at radius 3 is 2.69 bits per heavy atom. The van der Waals surface area contributed by atoms with Crippen LogP contribution in [0, 0.1) is 5.92 Å². The minimum absolute atomic E-state index is 0.131. The number of anilines is 2. The average molecular weight is 681 g/mol. The molecule has 1 aromatic carbocycles. The molecular formula is C33H45ClN10O4. The summed E-state index contributed by atoms with van der Waals surface area (Å²) in [6, 6.07) is 5.87. The van der Waals surface area contributed by atoms with Gasteiger partial charge in [-0.3, -0.25) is 4.68 Å². The molecule has 1 unspecified atom stereocenters. The summed E-state index contributed by atoms with van der Waals surface area (Å²) < 4.78 is 27.5. The average Bonchev–Trinajstić information content (AvgIpc) is 3.74. The topological polar surface area (TPSA) is 148 Å². The van der Waals surface area contributed by atoms with Crippen LogP contribution in [0.4, 0.5) is 11.6 Å². The predicted octanol–water partition coefficient (Wildman–Crippen LogP) is 5.10. The highest BCUT2D eigenvalue weighted by Crippen LogP contribution is 2.41. The first kappa shape index (κ1) is 34.0. The van der Waals surface area contributed by atoms with Crippen LogP contribution in [0.15, 0.2) is 43.1 Å². The summed E-state index contributed by atoms with van der Waals surface area (Å²) in [4.78, 5) is 9.21. The number of aromatic nitrogens is 8. The van der Waals surface area contributed by atoms with Crippen molar-refractivity contribution in [1.82, 2.24) is 45.3 Å². The molecule has 3 atom stereocenters. The SMILES string of the molecule is COCCCOc1nn(C2CCC([C@@]3(C)CNC[C@@H](C)O3)CC2)cc1Nc1ncc(-c2ccc(Cl)c(OC(C)Cn3cnnn3)c2)cn1. The third-order valence-electron chi connectivity index (χ3n) is 9.07. The molecule has 14 nitrogen and oxygen atoms in total. The van der Waals surface area contributed by atoms with Gasteiger partial charge in [-0.25, -0.2) is 14.6 Å². The number of rotatable bonds is 14. The normalized spacial score (nSPS) is 23.5. The molecule has 0 amide bonds. The molecule has 48 heavy (non-hydrogen) atoms. The van der Waals surface area contributed by atoms with Gasteiger partial charge in [0.05, 0.1) is 42.1 Å². The molecule has 1 saturated heterocycles. The maximum Gasteiger partial charge on any atom is 0.256 e. The van der Waals surface area contributed by atoms with Crippen LogP contribution in [-0.4, -0.2) is 91.2 Å². The minimum atomic E-state index is -0.207. The second-order valence-electron chi connectivity index (χ2n) is 12.9. The fourth-order valence-electron chi connectivity index (χ4n) is 6.60. The molecule has 0 spiro atoms. The van der Waals surface area contributed by atoms with Crippen molar-refractivity contribution in [2.24, 2.45) is 5.92 Å². The number of hydrogen-bond acceptors (Lipinski definition) is 12. The van der Waals surface area contributed by atoms with Crippen LogP contribution in [0.25, 0.3) is 11.1 Å². The molecule has 4 heterocycles. The van der Waals surface area contributed by atoms with Crippen LogP contribution in [0.1, 0.15) is 58.9 Å². The van der Waals surface area contributed by atoms with Crippen molar-refractivity contribution in [3.63, 3.8) is 0 Å². The van der Waals surface area contributed by atoms with E-state index < -0.39 is 0 Å². The first-order valence-electron chi connectivity index (χ1n) is 16.7. The summed E-state index contributed by atoms with van der Waals surface area (Å²) in [7, 11) is 1.69. The van der Waals surface area contributed by atoms with E-state index >= 15 is 0 Å². The van der Waals surface area contributed by atoms with Crippen LogP contribution < -0.4 is 20.1 Å². The summed E-state index contributed by atoms with van der Waals surface area (Å²) in [5.41, 5.74) is 2.29. The van der Waals surface area contributed by atoms with Gasteiger partial charge >= 0.3 is 0 Å². The molecule has 1 saturated carbocycles. The lowest BCUT2D eigenvalue weighted by atomic mass is 9.75. The summed E-state index contributed by atoms with van der Waals surface area (Å²) in [6.07, 6.45) is 12.1. The standard InChI is InChI=1S/C33H45ClN10O4/c1-22-15-35-20-33(3,48-22)26-7-9-27(10-8-26)44-19-29(31(40-44)46-13-5-12-45-4)39-32-36-16-25(17-37-32)24-6-11-28(34)30(14-24)47-23(2)18-43-21-38-41-42-43/h6,11,14,16-17,19,21-23,26-27,35H,5,7-10,12-13,15,18,20H2,1-4H3,(H,36,37,39)/t22-,23?,26?,27?,33-/m1/s1. The molecular weight excluding hydrogens is 636 g/mol. The zero-order valence-electron chi connectivity index (χ0n) is 28.0. The fraction of sp³-hybridized carbons (Fsp3) is 0.576. The first-order chi connectivity index (χ1) is 23.3. The lowest BCUT2D eigenvalue weighted by molar-refractivity contribution is -0.138. The van der Waals surface area contributed by atoms with E-state index in [-0.39, 0.29) is 23.9 Å². The number of morpholine rings is 1. The van der Waals surface area contributed by atoms with E-state index in [0.717, 1.165) is 62.0 Å². The number of tetrazole rings is 1. The molecule has 1 aliphatic heterocycles. The van der Waals surface area contributed by atoms with Gasteiger partial charge < -0.3 is 29.6 Å². The monoisotopic (exact) mass is 680 g/mol. The Labute approximate surface area is 285 Å². The van der Waals surface area contributed by atoms with Gasteiger partial charge in [0.1, 0.15) is 23.9 Å². The van der Waals surface area contributed by atoms with E-state index in [4.69, 9.17) is 35.6 Å². The Morgan fingerprint density at radius 2 is 1.96 bits per heavy atom. The number of ether oxygens (including phenoxy) is 4.